The first-order chi connectivity index (χ1) is 6.15. The van der Waals surface area contributed by atoms with E-state index in [0.717, 1.165) is 0 Å². The van der Waals surface area contributed by atoms with E-state index in [0.29, 0.717) is 25.9 Å². The molecule has 0 bridgehead atoms. The zero-order chi connectivity index (χ0) is 9.84. The molecule has 0 aromatic heterocycles. The van der Waals surface area contributed by atoms with Gasteiger partial charge in [-0.1, -0.05) is 0 Å². The normalized spacial score (nSPS) is 41.5. The molecule has 1 aliphatic rings. The van der Waals surface area contributed by atoms with E-state index in [1.807, 2.05) is 6.92 Å². The molecule has 2 unspecified atom stereocenters. The van der Waals surface area contributed by atoms with Gasteiger partial charge in [0.2, 0.25) is 0 Å². The fraction of sp³-hybridized carbons (Fsp3) is 1.00. The molecule has 1 saturated carbocycles. The minimum atomic E-state index is -0.770. The van der Waals surface area contributed by atoms with E-state index in [2.05, 4.69) is 0 Å². The van der Waals surface area contributed by atoms with Gasteiger partial charge in [0, 0.05) is 13.0 Å². The molecule has 0 spiro atoms. The average Bonchev–Trinajstić information content (AvgIpc) is 2.21. The van der Waals surface area contributed by atoms with Crippen molar-refractivity contribution in [2.75, 3.05) is 6.61 Å². The lowest BCUT2D eigenvalue weighted by atomic mass is 10.1. The van der Waals surface area contributed by atoms with Crippen molar-refractivity contribution in [3.63, 3.8) is 0 Å². The second kappa shape index (κ2) is 4.91. The SMILES string of the molecule is CCO[C@@H]1CC(O)C(O)CC[C@H]1O. The first kappa shape index (κ1) is 10.9. The molecule has 0 aromatic rings. The van der Waals surface area contributed by atoms with Crippen molar-refractivity contribution < 1.29 is 20.1 Å². The van der Waals surface area contributed by atoms with Gasteiger partial charge in [-0.15, -0.1) is 0 Å². The number of ether oxygens (including phenoxy) is 1. The van der Waals surface area contributed by atoms with Crippen molar-refractivity contribution in [2.45, 2.75) is 50.6 Å². The van der Waals surface area contributed by atoms with Crippen molar-refractivity contribution in [2.24, 2.45) is 0 Å². The van der Waals surface area contributed by atoms with Crippen LogP contribution < -0.4 is 0 Å². The largest absolute Gasteiger partial charge is 0.390 e. The first-order valence-corrected chi connectivity index (χ1v) is 4.81. The predicted octanol–water partition coefficient (Wildman–Crippen LogP) is -0.342. The molecular weight excluding hydrogens is 172 g/mol. The van der Waals surface area contributed by atoms with Crippen molar-refractivity contribution >= 4 is 0 Å². The summed E-state index contributed by atoms with van der Waals surface area (Å²) in [7, 11) is 0. The molecule has 0 aromatic carbocycles. The maximum absolute atomic E-state index is 9.57. The lowest BCUT2D eigenvalue weighted by Crippen LogP contribution is -2.32. The van der Waals surface area contributed by atoms with E-state index in [-0.39, 0.29) is 6.10 Å². The maximum atomic E-state index is 9.57. The minimum absolute atomic E-state index is 0.316. The zero-order valence-corrected chi connectivity index (χ0v) is 7.89. The third-order valence-corrected chi connectivity index (χ3v) is 2.49. The molecule has 0 radical (unpaired) electrons. The lowest BCUT2D eigenvalue weighted by molar-refractivity contribution is -0.0565. The summed E-state index contributed by atoms with van der Waals surface area (Å²) in [5.74, 6) is 0. The van der Waals surface area contributed by atoms with Crippen LogP contribution in [0.2, 0.25) is 0 Å². The average molecular weight is 190 g/mol. The van der Waals surface area contributed by atoms with Crippen molar-refractivity contribution in [3.05, 3.63) is 0 Å². The number of hydrogen-bond donors (Lipinski definition) is 3. The lowest BCUT2D eigenvalue weighted by Gasteiger charge is -2.21. The molecule has 0 aliphatic heterocycles. The van der Waals surface area contributed by atoms with E-state index in [9.17, 15) is 15.3 Å². The van der Waals surface area contributed by atoms with Crippen LogP contribution in [0.4, 0.5) is 0 Å². The van der Waals surface area contributed by atoms with E-state index in [4.69, 9.17) is 4.74 Å². The number of hydrogen-bond acceptors (Lipinski definition) is 4. The summed E-state index contributed by atoms with van der Waals surface area (Å²) in [5.41, 5.74) is 0. The van der Waals surface area contributed by atoms with Gasteiger partial charge in [0.15, 0.2) is 0 Å². The van der Waals surface area contributed by atoms with Gasteiger partial charge >= 0.3 is 0 Å². The Labute approximate surface area is 78.1 Å². The van der Waals surface area contributed by atoms with Gasteiger partial charge in [-0.05, 0) is 19.8 Å². The molecule has 4 atom stereocenters. The molecule has 1 fully saturated rings. The van der Waals surface area contributed by atoms with E-state index >= 15 is 0 Å². The Balaban J connectivity index is 2.52. The van der Waals surface area contributed by atoms with E-state index in [1.54, 1.807) is 0 Å². The minimum Gasteiger partial charge on any atom is -0.390 e. The Morgan fingerprint density at radius 1 is 1.08 bits per heavy atom. The summed E-state index contributed by atoms with van der Waals surface area (Å²) >= 11 is 0. The van der Waals surface area contributed by atoms with Gasteiger partial charge in [0.25, 0.3) is 0 Å². The molecule has 1 rings (SSSR count). The number of rotatable bonds is 2. The monoisotopic (exact) mass is 190 g/mol. The molecule has 1 aliphatic carbocycles. The van der Waals surface area contributed by atoms with Gasteiger partial charge < -0.3 is 20.1 Å². The number of aliphatic hydroxyl groups is 3. The highest BCUT2D eigenvalue weighted by atomic mass is 16.5. The molecule has 3 N–H and O–H groups in total. The summed E-state index contributed by atoms with van der Waals surface area (Å²) in [4.78, 5) is 0. The fourth-order valence-electron chi connectivity index (χ4n) is 1.67. The van der Waals surface area contributed by atoms with Crippen molar-refractivity contribution in [1.29, 1.82) is 0 Å². The molecular formula is C9H18O4. The standard InChI is InChI=1S/C9H18O4/c1-2-13-9-5-8(12)6(10)3-4-7(9)11/h6-12H,2-5H2,1H3/t6?,7-,8?,9-/m1/s1. The molecule has 0 amide bonds. The van der Waals surface area contributed by atoms with Crippen LogP contribution in [0.25, 0.3) is 0 Å². The maximum Gasteiger partial charge on any atom is 0.0859 e. The summed E-state index contributed by atoms with van der Waals surface area (Å²) in [6, 6.07) is 0. The Bertz CT molecular complexity index is 151. The van der Waals surface area contributed by atoms with Gasteiger partial charge in [0.05, 0.1) is 24.4 Å². The quantitative estimate of drug-likeness (QED) is 0.521. The van der Waals surface area contributed by atoms with Gasteiger partial charge in [-0.3, -0.25) is 0 Å². The summed E-state index contributed by atoms with van der Waals surface area (Å²) in [6.07, 6.45) is -1.15. The van der Waals surface area contributed by atoms with Crippen molar-refractivity contribution in [1.82, 2.24) is 0 Å². The Morgan fingerprint density at radius 2 is 1.69 bits per heavy atom. The summed E-state index contributed by atoms with van der Waals surface area (Å²) in [6.45, 7) is 2.37. The molecule has 13 heavy (non-hydrogen) atoms. The Morgan fingerprint density at radius 3 is 2.31 bits per heavy atom. The number of aliphatic hydroxyl groups excluding tert-OH is 3. The third-order valence-electron chi connectivity index (χ3n) is 2.49. The van der Waals surface area contributed by atoms with Crippen molar-refractivity contribution in [3.8, 4) is 0 Å². The smallest absolute Gasteiger partial charge is 0.0859 e. The highest BCUT2D eigenvalue weighted by molar-refractivity contribution is 4.82. The topological polar surface area (TPSA) is 69.9 Å². The fourth-order valence-corrected chi connectivity index (χ4v) is 1.67. The molecule has 78 valence electrons. The second-order valence-electron chi connectivity index (χ2n) is 3.51. The van der Waals surface area contributed by atoms with E-state index in [1.165, 1.54) is 0 Å². The Hall–Kier alpha value is -0.160. The Kier molecular flexibility index (Phi) is 4.12. The van der Waals surface area contributed by atoms with Crippen LogP contribution in [0.15, 0.2) is 0 Å². The van der Waals surface area contributed by atoms with Gasteiger partial charge in [0.1, 0.15) is 0 Å². The molecule has 0 saturated heterocycles. The van der Waals surface area contributed by atoms with Crippen LogP contribution in [-0.4, -0.2) is 46.3 Å². The predicted molar refractivity (Wildman–Crippen MR) is 47.3 cm³/mol. The highest BCUT2D eigenvalue weighted by Gasteiger charge is 2.31. The van der Waals surface area contributed by atoms with E-state index < -0.39 is 18.3 Å². The zero-order valence-electron chi connectivity index (χ0n) is 7.89. The van der Waals surface area contributed by atoms with Crippen LogP contribution in [-0.2, 0) is 4.74 Å². The first-order valence-electron chi connectivity index (χ1n) is 4.81. The van der Waals surface area contributed by atoms with Crippen LogP contribution in [0.5, 0.6) is 0 Å². The molecule has 0 heterocycles. The second-order valence-corrected chi connectivity index (χ2v) is 3.51. The van der Waals surface area contributed by atoms with Gasteiger partial charge in [-0.25, -0.2) is 0 Å². The van der Waals surface area contributed by atoms with Crippen LogP contribution >= 0.6 is 0 Å². The highest BCUT2D eigenvalue weighted by Crippen LogP contribution is 2.21. The summed E-state index contributed by atoms with van der Waals surface area (Å²) in [5, 5.41) is 28.3. The third kappa shape index (κ3) is 2.91. The summed E-state index contributed by atoms with van der Waals surface area (Å²) < 4.78 is 5.27. The molecule has 4 nitrogen and oxygen atoms in total. The van der Waals surface area contributed by atoms with Crippen LogP contribution in [0, 0.1) is 0 Å². The van der Waals surface area contributed by atoms with Crippen LogP contribution in [0.1, 0.15) is 26.2 Å². The molecule has 4 heteroatoms. The van der Waals surface area contributed by atoms with Crippen LogP contribution in [0.3, 0.4) is 0 Å². The van der Waals surface area contributed by atoms with Gasteiger partial charge in [-0.2, -0.15) is 0 Å².